The zero-order valence-corrected chi connectivity index (χ0v) is 17.3. The lowest BCUT2D eigenvalue weighted by molar-refractivity contribution is -0.151. The third-order valence-electron chi connectivity index (χ3n) is 4.74. The van der Waals surface area contributed by atoms with Crippen molar-refractivity contribution in [2.45, 2.75) is 31.7 Å². The number of ether oxygens (including phenoxy) is 1. The van der Waals surface area contributed by atoms with Gasteiger partial charge in [0.15, 0.2) is 15.9 Å². The number of likely N-dealkylation sites (tertiary alicyclic amines) is 1. The lowest BCUT2D eigenvalue weighted by Gasteiger charge is -2.40. The Bertz CT molecular complexity index is 1000. The van der Waals surface area contributed by atoms with Crippen LogP contribution < -0.4 is 0 Å². The first-order valence-electron chi connectivity index (χ1n) is 9.19. The van der Waals surface area contributed by atoms with Crippen molar-refractivity contribution < 1.29 is 22.7 Å². The SMILES string of the molecule is CC(C)=C(C(=O)OC(c1ccccc1)c1ccccc1)N1C(=O)CC1S(C)(=O)=O. The number of carbonyl (C=O) groups excluding carboxylic acids is 2. The fourth-order valence-corrected chi connectivity index (χ4v) is 4.34. The molecule has 1 heterocycles. The van der Waals surface area contributed by atoms with E-state index in [1.165, 1.54) is 0 Å². The maximum atomic E-state index is 13.1. The number of esters is 1. The molecule has 0 aromatic heterocycles. The summed E-state index contributed by atoms with van der Waals surface area (Å²) in [7, 11) is -3.53. The number of β-lactam (4-membered cyclic amide) rings is 1. The molecule has 7 heteroatoms. The molecule has 29 heavy (non-hydrogen) atoms. The van der Waals surface area contributed by atoms with Gasteiger partial charge in [0.1, 0.15) is 11.1 Å². The minimum atomic E-state index is -3.53. The van der Waals surface area contributed by atoms with Gasteiger partial charge in [-0.15, -0.1) is 0 Å². The van der Waals surface area contributed by atoms with E-state index >= 15 is 0 Å². The largest absolute Gasteiger partial charge is 0.448 e. The topological polar surface area (TPSA) is 80.8 Å². The van der Waals surface area contributed by atoms with Crippen LogP contribution in [0.5, 0.6) is 0 Å². The van der Waals surface area contributed by atoms with Gasteiger partial charge in [-0.2, -0.15) is 0 Å². The molecule has 0 radical (unpaired) electrons. The van der Waals surface area contributed by atoms with Crippen molar-refractivity contribution in [2.24, 2.45) is 0 Å². The van der Waals surface area contributed by atoms with Crippen LogP contribution in [0.15, 0.2) is 71.9 Å². The first-order valence-corrected chi connectivity index (χ1v) is 11.1. The van der Waals surface area contributed by atoms with Gasteiger partial charge in [0.2, 0.25) is 5.91 Å². The lowest BCUT2D eigenvalue weighted by Crippen LogP contribution is -2.57. The van der Waals surface area contributed by atoms with Gasteiger partial charge in [-0.3, -0.25) is 9.69 Å². The fraction of sp³-hybridized carbons (Fsp3) is 0.273. The summed E-state index contributed by atoms with van der Waals surface area (Å²) in [5, 5.41) is -1.04. The van der Waals surface area contributed by atoms with E-state index in [9.17, 15) is 18.0 Å². The van der Waals surface area contributed by atoms with E-state index in [1.54, 1.807) is 13.8 Å². The molecule has 1 atom stereocenters. The molecule has 0 spiro atoms. The van der Waals surface area contributed by atoms with Crippen molar-refractivity contribution >= 4 is 21.7 Å². The third kappa shape index (κ3) is 4.40. The maximum Gasteiger partial charge on any atom is 0.355 e. The average molecular weight is 413 g/mol. The Hall–Kier alpha value is -2.93. The Morgan fingerprint density at radius 3 is 1.86 bits per heavy atom. The van der Waals surface area contributed by atoms with Crippen LogP contribution in [0.25, 0.3) is 0 Å². The molecule has 1 unspecified atom stereocenters. The number of nitrogens with zero attached hydrogens (tertiary/aromatic N) is 1. The van der Waals surface area contributed by atoms with Gasteiger partial charge in [-0.1, -0.05) is 60.7 Å². The summed E-state index contributed by atoms with van der Waals surface area (Å²) in [5.74, 6) is -1.14. The predicted molar refractivity (Wildman–Crippen MR) is 109 cm³/mol. The Balaban J connectivity index is 1.96. The number of hydrogen-bond donors (Lipinski definition) is 0. The maximum absolute atomic E-state index is 13.1. The van der Waals surface area contributed by atoms with Crippen molar-refractivity contribution in [3.8, 4) is 0 Å². The Morgan fingerprint density at radius 2 is 1.48 bits per heavy atom. The van der Waals surface area contributed by atoms with Gasteiger partial charge in [-0.05, 0) is 30.5 Å². The summed E-state index contributed by atoms with van der Waals surface area (Å²) in [6.45, 7) is 3.31. The molecule has 1 fully saturated rings. The highest BCUT2D eigenvalue weighted by atomic mass is 32.2. The van der Waals surface area contributed by atoms with Crippen LogP contribution in [0.3, 0.4) is 0 Å². The second-order valence-corrected chi connectivity index (χ2v) is 9.41. The summed E-state index contributed by atoms with van der Waals surface area (Å²) in [5.41, 5.74) is 2.04. The highest BCUT2D eigenvalue weighted by Crippen LogP contribution is 2.33. The first-order chi connectivity index (χ1) is 13.7. The van der Waals surface area contributed by atoms with Gasteiger partial charge in [0, 0.05) is 6.26 Å². The van der Waals surface area contributed by atoms with Crippen molar-refractivity contribution in [2.75, 3.05) is 6.26 Å². The van der Waals surface area contributed by atoms with Crippen molar-refractivity contribution in [3.63, 3.8) is 0 Å². The standard InChI is InChI=1S/C22H23NO5S/c1-15(2)20(23-18(24)14-19(23)29(3,26)27)22(25)28-21(16-10-6-4-7-11-16)17-12-8-5-9-13-17/h4-13,19,21H,14H2,1-3H3. The van der Waals surface area contributed by atoms with Crippen LogP contribution in [0.1, 0.15) is 37.5 Å². The van der Waals surface area contributed by atoms with Crippen molar-refractivity contribution in [1.29, 1.82) is 0 Å². The zero-order chi connectivity index (χ0) is 21.2. The zero-order valence-electron chi connectivity index (χ0n) is 16.5. The molecule has 0 N–H and O–H groups in total. The second-order valence-electron chi connectivity index (χ2n) is 7.21. The number of allylic oxidation sites excluding steroid dienone is 1. The summed E-state index contributed by atoms with van der Waals surface area (Å²) in [6, 6.07) is 18.5. The number of carbonyl (C=O) groups is 2. The number of sulfone groups is 1. The molecular formula is C22H23NO5S. The van der Waals surface area contributed by atoms with E-state index in [0.717, 1.165) is 22.3 Å². The number of rotatable bonds is 6. The fourth-order valence-electron chi connectivity index (χ4n) is 3.29. The summed E-state index contributed by atoms with van der Waals surface area (Å²) in [4.78, 5) is 26.4. The Morgan fingerprint density at radius 1 is 1.00 bits per heavy atom. The van der Waals surface area contributed by atoms with Crippen molar-refractivity contribution in [1.82, 2.24) is 4.90 Å². The molecule has 1 aliphatic heterocycles. The van der Waals surface area contributed by atoms with Crippen LogP contribution in [0.4, 0.5) is 0 Å². The first kappa shape index (κ1) is 20.8. The summed E-state index contributed by atoms with van der Waals surface area (Å²) < 4.78 is 29.9. The highest BCUT2D eigenvalue weighted by Gasteiger charge is 2.47. The van der Waals surface area contributed by atoms with E-state index in [0.29, 0.717) is 5.57 Å². The van der Waals surface area contributed by atoms with E-state index in [-0.39, 0.29) is 12.1 Å². The van der Waals surface area contributed by atoms with Crippen LogP contribution in [-0.2, 0) is 24.2 Å². The number of amides is 1. The lowest BCUT2D eigenvalue weighted by atomic mass is 10.0. The average Bonchev–Trinajstić information content (AvgIpc) is 2.68. The molecule has 0 saturated carbocycles. The smallest absolute Gasteiger partial charge is 0.355 e. The van der Waals surface area contributed by atoms with Gasteiger partial charge >= 0.3 is 5.97 Å². The van der Waals surface area contributed by atoms with Crippen molar-refractivity contribution in [3.05, 3.63) is 83.1 Å². The molecule has 3 rings (SSSR count). The summed E-state index contributed by atoms with van der Waals surface area (Å²) >= 11 is 0. The van der Waals surface area contributed by atoms with Gasteiger partial charge in [0.05, 0.1) is 6.42 Å². The third-order valence-corrected chi connectivity index (χ3v) is 6.10. The number of hydrogen-bond acceptors (Lipinski definition) is 5. The highest BCUT2D eigenvalue weighted by molar-refractivity contribution is 7.91. The molecule has 0 aliphatic carbocycles. The van der Waals surface area contributed by atoms with Crippen LogP contribution >= 0.6 is 0 Å². The predicted octanol–water partition coefficient (Wildman–Crippen LogP) is 3.22. The number of benzene rings is 2. The van der Waals surface area contributed by atoms with E-state index in [4.69, 9.17) is 4.74 Å². The van der Waals surface area contributed by atoms with E-state index < -0.39 is 33.2 Å². The normalized spacial score (nSPS) is 16.3. The molecule has 1 aliphatic rings. The molecule has 2 aromatic carbocycles. The van der Waals surface area contributed by atoms with Crippen LogP contribution in [-0.4, -0.2) is 36.8 Å². The molecular weight excluding hydrogens is 390 g/mol. The molecule has 1 saturated heterocycles. The van der Waals surface area contributed by atoms with E-state index in [2.05, 4.69) is 0 Å². The van der Waals surface area contributed by atoms with Gasteiger partial charge in [-0.25, -0.2) is 13.2 Å². The summed E-state index contributed by atoms with van der Waals surface area (Å²) in [6.07, 6.45) is 0.234. The molecule has 152 valence electrons. The quantitative estimate of drug-likeness (QED) is 0.413. The minimum Gasteiger partial charge on any atom is -0.448 e. The van der Waals surface area contributed by atoms with Gasteiger partial charge < -0.3 is 4.74 Å². The van der Waals surface area contributed by atoms with Crippen LogP contribution in [0.2, 0.25) is 0 Å². The second kappa shape index (κ2) is 8.21. The molecule has 2 aromatic rings. The minimum absolute atomic E-state index is 0.0199. The van der Waals surface area contributed by atoms with Gasteiger partial charge in [0.25, 0.3) is 0 Å². The Labute approximate surface area is 170 Å². The van der Waals surface area contributed by atoms with Crippen LogP contribution in [0, 0.1) is 0 Å². The molecule has 0 bridgehead atoms. The molecule has 6 nitrogen and oxygen atoms in total. The Kier molecular flexibility index (Phi) is 5.88. The molecule has 1 amide bonds. The monoisotopic (exact) mass is 413 g/mol. The van der Waals surface area contributed by atoms with E-state index in [1.807, 2.05) is 60.7 Å².